The summed E-state index contributed by atoms with van der Waals surface area (Å²) in [7, 11) is -4.21. The van der Waals surface area contributed by atoms with E-state index in [1.54, 1.807) is 48.5 Å². The average molecular weight is 721 g/mol. The van der Waals surface area contributed by atoms with Crippen LogP contribution in [0.5, 0.6) is 0 Å². The summed E-state index contributed by atoms with van der Waals surface area (Å²) < 4.78 is 44.0. The van der Waals surface area contributed by atoms with Gasteiger partial charge >= 0.3 is 0 Å². The van der Waals surface area contributed by atoms with E-state index in [1.165, 1.54) is 29.2 Å². The molecule has 5 rings (SSSR count). The number of anilines is 1. The van der Waals surface area contributed by atoms with Crippen LogP contribution >= 0.6 is 15.9 Å². The number of rotatable bonds is 12. The minimum absolute atomic E-state index is 0.00243. The highest BCUT2D eigenvalue weighted by Gasteiger charge is 2.35. The Balaban J connectivity index is 1.56. The van der Waals surface area contributed by atoms with Crippen molar-refractivity contribution in [2.75, 3.05) is 10.8 Å². The Morgan fingerprint density at radius 3 is 2.21 bits per heavy atom. The first-order chi connectivity index (χ1) is 22.6. The fourth-order valence-electron chi connectivity index (χ4n) is 5.88. The van der Waals surface area contributed by atoms with Gasteiger partial charge in [-0.3, -0.25) is 13.9 Å². The number of carbonyl (C=O) groups excluding carboxylic acids is 2. The molecule has 47 heavy (non-hydrogen) atoms. The zero-order valence-corrected chi connectivity index (χ0v) is 28.7. The van der Waals surface area contributed by atoms with Gasteiger partial charge in [0.15, 0.2) is 0 Å². The van der Waals surface area contributed by atoms with Crippen molar-refractivity contribution in [1.29, 1.82) is 0 Å². The molecule has 4 aromatic rings. The summed E-state index contributed by atoms with van der Waals surface area (Å²) in [4.78, 5) is 30.2. The van der Waals surface area contributed by atoms with E-state index in [2.05, 4.69) is 21.2 Å². The van der Waals surface area contributed by atoms with Crippen LogP contribution in [0, 0.1) is 12.7 Å². The number of amides is 2. The van der Waals surface area contributed by atoms with Crippen LogP contribution < -0.4 is 9.62 Å². The normalized spacial score (nSPS) is 14.3. The minimum Gasteiger partial charge on any atom is -0.352 e. The number of benzene rings is 4. The Kier molecular flexibility index (Phi) is 11.5. The molecule has 0 aliphatic heterocycles. The molecule has 0 radical (unpaired) electrons. The summed E-state index contributed by atoms with van der Waals surface area (Å²) in [6.45, 7) is 1.28. The number of nitrogens with one attached hydrogen (secondary N) is 1. The van der Waals surface area contributed by atoms with Crippen molar-refractivity contribution < 1.29 is 22.4 Å². The molecule has 2 amide bonds. The molecule has 1 aliphatic rings. The highest BCUT2D eigenvalue weighted by molar-refractivity contribution is 9.10. The van der Waals surface area contributed by atoms with E-state index >= 15 is 0 Å². The summed E-state index contributed by atoms with van der Waals surface area (Å²) in [5.74, 6) is -1.29. The monoisotopic (exact) mass is 719 g/mol. The van der Waals surface area contributed by atoms with Gasteiger partial charge in [0, 0.05) is 23.5 Å². The Morgan fingerprint density at radius 1 is 0.872 bits per heavy atom. The highest BCUT2D eigenvalue weighted by Crippen LogP contribution is 2.28. The van der Waals surface area contributed by atoms with Crippen molar-refractivity contribution in [3.8, 4) is 0 Å². The Hall–Kier alpha value is -4.02. The van der Waals surface area contributed by atoms with Gasteiger partial charge in [0.05, 0.1) is 10.6 Å². The molecule has 1 aliphatic carbocycles. The van der Waals surface area contributed by atoms with E-state index in [9.17, 15) is 22.4 Å². The second-order valence-electron chi connectivity index (χ2n) is 12.0. The minimum atomic E-state index is -4.21. The zero-order chi connectivity index (χ0) is 33.4. The molecule has 0 bridgehead atoms. The quantitative estimate of drug-likeness (QED) is 0.168. The van der Waals surface area contributed by atoms with Crippen molar-refractivity contribution in [2.24, 2.45) is 0 Å². The van der Waals surface area contributed by atoms with Crippen molar-refractivity contribution in [3.05, 3.63) is 130 Å². The molecule has 1 unspecified atom stereocenters. The lowest BCUT2D eigenvalue weighted by atomic mass is 9.94. The van der Waals surface area contributed by atoms with Crippen molar-refractivity contribution in [2.45, 2.75) is 69.0 Å². The lowest BCUT2D eigenvalue weighted by Gasteiger charge is -2.35. The maximum atomic E-state index is 14.6. The Labute approximate surface area is 285 Å². The second-order valence-corrected chi connectivity index (χ2v) is 14.8. The van der Waals surface area contributed by atoms with Crippen LogP contribution in [0.1, 0.15) is 48.8 Å². The first-order valence-electron chi connectivity index (χ1n) is 15.8. The molecule has 0 heterocycles. The van der Waals surface area contributed by atoms with Crippen LogP contribution in [0.3, 0.4) is 0 Å². The molecule has 10 heteroatoms. The summed E-state index contributed by atoms with van der Waals surface area (Å²) in [6, 6.07) is 27.4. The molecule has 1 atom stereocenters. The summed E-state index contributed by atoms with van der Waals surface area (Å²) >= 11 is 3.43. The molecular weight excluding hydrogens is 681 g/mol. The fraction of sp³-hybridized carbons (Fsp3) is 0.297. The van der Waals surface area contributed by atoms with E-state index in [0.717, 1.165) is 47.5 Å². The van der Waals surface area contributed by atoms with Crippen LogP contribution in [-0.2, 0) is 32.6 Å². The SMILES string of the molecule is Cc1ccc(S(=O)(=O)N(CC(=O)N(Cc2ccc(F)cc2)C(Cc2ccccc2)C(=O)NC2CCCCC2)c2cccc(Br)c2)cc1. The molecular formula is C37H39BrFN3O4S. The van der Waals surface area contributed by atoms with E-state index in [4.69, 9.17) is 0 Å². The summed E-state index contributed by atoms with van der Waals surface area (Å²) in [6.07, 6.45) is 5.10. The standard InChI is InChI=1S/C37H39BrFN3O4S/c1-27-15-21-34(22-16-27)47(45,46)42(33-14-8-11-30(38)24-33)26-36(43)41(25-29-17-19-31(39)20-18-29)35(23-28-9-4-2-5-10-28)37(44)40-32-12-6-3-7-13-32/h2,4-5,8-11,14-22,24,32,35H,3,6-7,12-13,23,25-26H2,1H3,(H,40,44). The number of aryl methyl sites for hydroxylation is 1. The van der Waals surface area contributed by atoms with Crippen LogP contribution in [0.2, 0.25) is 0 Å². The Morgan fingerprint density at radius 2 is 1.55 bits per heavy atom. The second kappa shape index (κ2) is 15.7. The van der Waals surface area contributed by atoms with E-state index in [-0.39, 0.29) is 29.8 Å². The smallest absolute Gasteiger partial charge is 0.264 e. The molecule has 1 fully saturated rings. The number of sulfonamides is 1. The topological polar surface area (TPSA) is 86.8 Å². The van der Waals surface area contributed by atoms with Gasteiger partial charge in [-0.15, -0.1) is 0 Å². The third-order valence-electron chi connectivity index (χ3n) is 8.47. The molecule has 7 nitrogen and oxygen atoms in total. The highest BCUT2D eigenvalue weighted by atomic mass is 79.9. The predicted octanol–water partition coefficient (Wildman–Crippen LogP) is 7.18. The molecule has 1 N–H and O–H groups in total. The molecule has 0 saturated heterocycles. The van der Waals surface area contributed by atoms with Gasteiger partial charge in [-0.2, -0.15) is 0 Å². The van der Waals surface area contributed by atoms with Gasteiger partial charge in [-0.25, -0.2) is 12.8 Å². The number of carbonyl (C=O) groups is 2. The fourth-order valence-corrected chi connectivity index (χ4v) is 7.68. The molecule has 0 aromatic heterocycles. The molecule has 4 aromatic carbocycles. The van der Waals surface area contributed by atoms with E-state index in [0.29, 0.717) is 15.7 Å². The third-order valence-corrected chi connectivity index (χ3v) is 10.8. The summed E-state index contributed by atoms with van der Waals surface area (Å²) in [5.41, 5.74) is 2.65. The summed E-state index contributed by atoms with van der Waals surface area (Å²) in [5, 5.41) is 3.19. The van der Waals surface area contributed by atoms with Crippen LogP contribution in [-0.4, -0.2) is 43.8 Å². The third kappa shape index (κ3) is 9.08. The number of hydrogen-bond donors (Lipinski definition) is 1. The van der Waals surface area contributed by atoms with Crippen LogP contribution in [0.15, 0.2) is 112 Å². The zero-order valence-electron chi connectivity index (χ0n) is 26.3. The van der Waals surface area contributed by atoms with Gasteiger partial charge in [-0.1, -0.05) is 101 Å². The van der Waals surface area contributed by atoms with Crippen LogP contribution in [0.25, 0.3) is 0 Å². The van der Waals surface area contributed by atoms with Gasteiger partial charge in [0.1, 0.15) is 18.4 Å². The lowest BCUT2D eigenvalue weighted by Crippen LogP contribution is -2.55. The maximum Gasteiger partial charge on any atom is 0.264 e. The van der Waals surface area contributed by atoms with Crippen molar-refractivity contribution >= 4 is 43.5 Å². The van der Waals surface area contributed by atoms with E-state index in [1.807, 2.05) is 37.3 Å². The van der Waals surface area contributed by atoms with Crippen molar-refractivity contribution in [1.82, 2.24) is 10.2 Å². The molecule has 0 spiro atoms. The molecule has 1 saturated carbocycles. The van der Waals surface area contributed by atoms with Crippen molar-refractivity contribution in [3.63, 3.8) is 0 Å². The Bertz CT molecular complexity index is 1760. The lowest BCUT2D eigenvalue weighted by molar-refractivity contribution is -0.140. The maximum absolute atomic E-state index is 14.6. The van der Waals surface area contributed by atoms with Gasteiger partial charge in [0.2, 0.25) is 11.8 Å². The number of hydrogen-bond acceptors (Lipinski definition) is 4. The van der Waals surface area contributed by atoms with Gasteiger partial charge in [0.25, 0.3) is 10.0 Å². The predicted molar refractivity (Wildman–Crippen MR) is 186 cm³/mol. The van der Waals surface area contributed by atoms with Gasteiger partial charge < -0.3 is 10.2 Å². The van der Waals surface area contributed by atoms with E-state index < -0.39 is 34.3 Å². The number of nitrogens with zero attached hydrogens (tertiary/aromatic N) is 2. The number of halogens is 2. The molecule has 246 valence electrons. The largest absolute Gasteiger partial charge is 0.352 e. The van der Waals surface area contributed by atoms with Crippen LogP contribution in [0.4, 0.5) is 10.1 Å². The average Bonchev–Trinajstić information content (AvgIpc) is 3.07. The van der Waals surface area contributed by atoms with Gasteiger partial charge in [-0.05, 0) is 73.4 Å². The first-order valence-corrected chi connectivity index (χ1v) is 18.1. The first kappa shape index (κ1) is 34.3.